The van der Waals surface area contributed by atoms with Gasteiger partial charge in [-0.2, -0.15) is 0 Å². The maximum Gasteiger partial charge on any atom is 0.168 e. The van der Waals surface area contributed by atoms with Crippen molar-refractivity contribution in [1.82, 2.24) is 10.2 Å². The zero-order valence-corrected chi connectivity index (χ0v) is 9.90. The highest BCUT2D eigenvalue weighted by atomic mass is 32.1. The second-order valence-electron chi connectivity index (χ2n) is 3.70. The lowest BCUT2D eigenvalue weighted by Gasteiger charge is -2.28. The molecule has 0 aromatic heterocycles. The Kier molecular flexibility index (Phi) is 5.19. The molecular weight excluding hydrogens is 196 g/mol. The predicted molar refractivity (Wildman–Crippen MR) is 62.5 cm³/mol. The highest BCUT2D eigenvalue weighted by Gasteiger charge is 2.16. The van der Waals surface area contributed by atoms with Crippen LogP contribution in [0.5, 0.6) is 0 Å². The summed E-state index contributed by atoms with van der Waals surface area (Å²) in [5.74, 6) is 0. The van der Waals surface area contributed by atoms with E-state index >= 15 is 0 Å². The molecular formula is C10H20N2OS. The summed E-state index contributed by atoms with van der Waals surface area (Å²) >= 11 is 5.20. The molecule has 0 aromatic rings. The van der Waals surface area contributed by atoms with Gasteiger partial charge in [-0.1, -0.05) is 0 Å². The summed E-state index contributed by atoms with van der Waals surface area (Å²) < 4.78 is 5.65. The molecule has 1 aliphatic rings. The van der Waals surface area contributed by atoms with E-state index < -0.39 is 0 Å². The lowest BCUT2D eigenvalue weighted by atomic mass is 10.1. The van der Waals surface area contributed by atoms with Crippen LogP contribution in [0.1, 0.15) is 26.2 Å². The van der Waals surface area contributed by atoms with Gasteiger partial charge in [-0.05, 0) is 38.4 Å². The number of hydrogen-bond donors (Lipinski definition) is 1. The first-order valence-electron chi connectivity index (χ1n) is 5.34. The molecule has 1 heterocycles. The van der Waals surface area contributed by atoms with Crippen LogP contribution in [-0.2, 0) is 4.74 Å². The van der Waals surface area contributed by atoms with E-state index in [2.05, 4.69) is 17.1 Å². The molecule has 1 rings (SSSR count). The first kappa shape index (κ1) is 11.7. The van der Waals surface area contributed by atoms with Gasteiger partial charge >= 0.3 is 0 Å². The molecule has 1 atom stereocenters. The number of hydrogen-bond acceptors (Lipinski definition) is 2. The van der Waals surface area contributed by atoms with E-state index in [4.69, 9.17) is 17.0 Å². The highest BCUT2D eigenvalue weighted by molar-refractivity contribution is 7.80. The Hall–Kier alpha value is -0.350. The summed E-state index contributed by atoms with van der Waals surface area (Å²) in [7, 11) is 2.02. The zero-order chi connectivity index (χ0) is 10.4. The van der Waals surface area contributed by atoms with E-state index in [1.165, 1.54) is 19.3 Å². The molecule has 0 amide bonds. The number of ether oxygens (including phenoxy) is 1. The Balaban J connectivity index is 2.24. The van der Waals surface area contributed by atoms with Gasteiger partial charge in [-0.15, -0.1) is 0 Å². The highest BCUT2D eigenvalue weighted by Crippen LogP contribution is 2.13. The van der Waals surface area contributed by atoms with Crippen LogP contribution in [0, 0.1) is 0 Å². The molecule has 3 nitrogen and oxygen atoms in total. The second kappa shape index (κ2) is 6.19. The summed E-state index contributed by atoms with van der Waals surface area (Å²) in [6, 6.07) is 0. The van der Waals surface area contributed by atoms with Crippen LogP contribution in [0.4, 0.5) is 0 Å². The van der Waals surface area contributed by atoms with E-state index in [1.807, 2.05) is 7.05 Å². The monoisotopic (exact) mass is 216 g/mol. The quantitative estimate of drug-likeness (QED) is 0.720. The second-order valence-corrected chi connectivity index (χ2v) is 4.09. The fourth-order valence-corrected chi connectivity index (χ4v) is 1.84. The Morgan fingerprint density at radius 2 is 2.36 bits per heavy atom. The van der Waals surface area contributed by atoms with Crippen LogP contribution >= 0.6 is 12.2 Å². The van der Waals surface area contributed by atoms with Crippen LogP contribution in [-0.4, -0.2) is 42.9 Å². The summed E-state index contributed by atoms with van der Waals surface area (Å²) in [6.45, 7) is 4.75. The minimum Gasteiger partial charge on any atom is -0.376 e. The molecule has 1 N–H and O–H groups in total. The predicted octanol–water partition coefficient (Wildman–Crippen LogP) is 1.38. The molecule has 0 radical (unpaired) electrons. The molecule has 0 saturated carbocycles. The van der Waals surface area contributed by atoms with Crippen molar-refractivity contribution >= 4 is 17.3 Å². The fourth-order valence-electron chi connectivity index (χ4n) is 1.63. The van der Waals surface area contributed by atoms with Gasteiger partial charge in [0.2, 0.25) is 0 Å². The Morgan fingerprint density at radius 3 is 2.93 bits per heavy atom. The molecule has 14 heavy (non-hydrogen) atoms. The first-order chi connectivity index (χ1) is 6.74. The minimum absolute atomic E-state index is 0.366. The Labute approximate surface area is 91.8 Å². The smallest absolute Gasteiger partial charge is 0.168 e. The van der Waals surface area contributed by atoms with E-state index in [0.717, 1.165) is 24.8 Å². The van der Waals surface area contributed by atoms with Crippen molar-refractivity contribution in [2.24, 2.45) is 0 Å². The molecule has 82 valence electrons. The van der Waals surface area contributed by atoms with E-state index in [-0.39, 0.29) is 0 Å². The average molecular weight is 216 g/mol. The van der Waals surface area contributed by atoms with Crippen molar-refractivity contribution in [2.45, 2.75) is 32.3 Å². The molecule has 1 fully saturated rings. The minimum atomic E-state index is 0.366. The molecule has 0 aliphatic carbocycles. The molecule has 1 aliphatic heterocycles. The molecule has 0 spiro atoms. The van der Waals surface area contributed by atoms with Crippen molar-refractivity contribution in [2.75, 3.05) is 26.7 Å². The van der Waals surface area contributed by atoms with Gasteiger partial charge in [0.1, 0.15) is 0 Å². The first-order valence-corrected chi connectivity index (χ1v) is 5.75. The topological polar surface area (TPSA) is 24.5 Å². The van der Waals surface area contributed by atoms with Crippen LogP contribution in [0.25, 0.3) is 0 Å². The molecule has 1 saturated heterocycles. The third-order valence-corrected chi connectivity index (χ3v) is 2.88. The third-order valence-electron chi connectivity index (χ3n) is 2.43. The fraction of sp³-hybridized carbons (Fsp3) is 0.900. The van der Waals surface area contributed by atoms with Crippen LogP contribution in [0.3, 0.4) is 0 Å². The maximum absolute atomic E-state index is 5.65. The van der Waals surface area contributed by atoms with Crippen molar-refractivity contribution in [1.29, 1.82) is 0 Å². The van der Waals surface area contributed by atoms with Crippen LogP contribution < -0.4 is 5.32 Å². The number of rotatable bonds is 3. The van der Waals surface area contributed by atoms with Crippen molar-refractivity contribution in [3.05, 3.63) is 0 Å². The summed E-state index contributed by atoms with van der Waals surface area (Å²) in [5, 5.41) is 3.96. The lowest BCUT2D eigenvalue weighted by Crippen LogP contribution is -2.42. The zero-order valence-electron chi connectivity index (χ0n) is 9.08. The van der Waals surface area contributed by atoms with Gasteiger partial charge in [-0.25, -0.2) is 0 Å². The van der Waals surface area contributed by atoms with Gasteiger partial charge in [0.05, 0.1) is 6.10 Å². The number of nitrogens with zero attached hydrogens (tertiary/aromatic N) is 1. The van der Waals surface area contributed by atoms with E-state index in [9.17, 15) is 0 Å². The van der Waals surface area contributed by atoms with Crippen molar-refractivity contribution in [3.8, 4) is 0 Å². The number of nitrogens with one attached hydrogen (secondary N) is 1. The SMILES string of the molecule is CCNC(=S)N(C)CC1CCCCO1. The number of thiocarbonyl (C=S) groups is 1. The van der Waals surface area contributed by atoms with E-state index in [0.29, 0.717) is 6.10 Å². The van der Waals surface area contributed by atoms with Gasteiger partial charge in [-0.3, -0.25) is 0 Å². The Morgan fingerprint density at radius 1 is 1.57 bits per heavy atom. The molecule has 4 heteroatoms. The van der Waals surface area contributed by atoms with Gasteiger partial charge in [0.15, 0.2) is 5.11 Å². The van der Waals surface area contributed by atoms with Gasteiger partial charge in [0, 0.05) is 26.7 Å². The molecule has 0 aromatic carbocycles. The summed E-state index contributed by atoms with van der Waals surface area (Å²) in [4.78, 5) is 2.06. The average Bonchev–Trinajstić information content (AvgIpc) is 2.19. The molecule has 1 unspecified atom stereocenters. The summed E-state index contributed by atoms with van der Waals surface area (Å²) in [5.41, 5.74) is 0. The van der Waals surface area contributed by atoms with Crippen LogP contribution in [0.2, 0.25) is 0 Å². The Bertz CT molecular complexity index is 181. The van der Waals surface area contributed by atoms with Crippen LogP contribution in [0.15, 0.2) is 0 Å². The molecule has 0 bridgehead atoms. The standard InChI is InChI=1S/C10H20N2OS/c1-3-11-10(14)12(2)8-9-6-4-5-7-13-9/h9H,3-8H2,1-2H3,(H,11,14). The van der Waals surface area contributed by atoms with Gasteiger partial charge < -0.3 is 15.0 Å². The summed E-state index contributed by atoms with van der Waals surface area (Å²) in [6.07, 6.45) is 4.02. The lowest BCUT2D eigenvalue weighted by molar-refractivity contribution is 0.00709. The van der Waals surface area contributed by atoms with Crippen molar-refractivity contribution < 1.29 is 4.74 Å². The normalized spacial score (nSPS) is 21.7. The maximum atomic E-state index is 5.65. The third kappa shape index (κ3) is 3.80. The van der Waals surface area contributed by atoms with E-state index in [1.54, 1.807) is 0 Å². The van der Waals surface area contributed by atoms with Crippen molar-refractivity contribution in [3.63, 3.8) is 0 Å². The number of likely N-dealkylation sites (N-methyl/N-ethyl adjacent to an activating group) is 1. The van der Waals surface area contributed by atoms with Gasteiger partial charge in [0.25, 0.3) is 0 Å². The largest absolute Gasteiger partial charge is 0.376 e.